The zero-order valence-corrected chi connectivity index (χ0v) is 20.7. The van der Waals surface area contributed by atoms with Crippen LogP contribution in [0, 0.1) is 6.92 Å². The number of nitrogens with zero attached hydrogens (tertiary/aromatic N) is 2. The number of fused-ring (bicyclic) bond motifs is 1. The third-order valence-corrected chi connectivity index (χ3v) is 5.70. The number of likely N-dealkylation sites (tertiary alicyclic amines) is 1. The van der Waals surface area contributed by atoms with E-state index in [0.717, 1.165) is 21.5 Å². The number of ether oxygens (including phenoxy) is 2. The van der Waals surface area contributed by atoms with Gasteiger partial charge in [-0.3, -0.25) is 9.69 Å². The molecular formula is C24H28ClFN4O5. The van der Waals surface area contributed by atoms with E-state index in [1.807, 2.05) is 13.0 Å². The van der Waals surface area contributed by atoms with E-state index in [9.17, 15) is 14.0 Å². The summed E-state index contributed by atoms with van der Waals surface area (Å²) in [4.78, 5) is 29.6. The van der Waals surface area contributed by atoms with Gasteiger partial charge in [-0.05, 0) is 39.8 Å². The van der Waals surface area contributed by atoms with Crippen molar-refractivity contribution in [1.82, 2.24) is 20.4 Å². The van der Waals surface area contributed by atoms with E-state index in [4.69, 9.17) is 25.6 Å². The Labute approximate surface area is 206 Å². The molecule has 35 heavy (non-hydrogen) atoms. The number of nitrogens with one attached hydrogen (secondary N) is 2. The fourth-order valence-electron chi connectivity index (χ4n) is 3.89. The van der Waals surface area contributed by atoms with Gasteiger partial charge in [0.15, 0.2) is 5.76 Å². The zero-order valence-electron chi connectivity index (χ0n) is 20.0. The molecule has 1 aliphatic heterocycles. The number of aromatic nitrogens is 2. The molecule has 0 bridgehead atoms. The van der Waals surface area contributed by atoms with Crippen LogP contribution >= 0.6 is 11.6 Å². The van der Waals surface area contributed by atoms with Crippen molar-refractivity contribution < 1.29 is 28.0 Å². The maximum Gasteiger partial charge on any atom is 0.411 e. The minimum Gasteiger partial charge on any atom is -0.484 e. The summed E-state index contributed by atoms with van der Waals surface area (Å²) < 4.78 is 30.3. The summed E-state index contributed by atoms with van der Waals surface area (Å²) in [5, 5.41) is 7.86. The highest BCUT2D eigenvalue weighted by Crippen LogP contribution is 2.31. The van der Waals surface area contributed by atoms with Gasteiger partial charge in [0.2, 0.25) is 5.91 Å². The summed E-state index contributed by atoms with van der Waals surface area (Å²) in [5.41, 5.74) is 1.50. The molecule has 0 aliphatic carbocycles. The van der Waals surface area contributed by atoms with Gasteiger partial charge in [-0.1, -0.05) is 16.8 Å². The third kappa shape index (κ3) is 6.05. The van der Waals surface area contributed by atoms with E-state index in [1.54, 1.807) is 39.0 Å². The Bertz CT molecular complexity index is 1230. The Morgan fingerprint density at radius 2 is 2.09 bits per heavy atom. The molecule has 2 aromatic heterocycles. The Morgan fingerprint density at radius 1 is 1.31 bits per heavy atom. The number of carbonyl (C=O) groups excluding carboxylic acids is 2. The van der Waals surface area contributed by atoms with Crippen molar-refractivity contribution in [1.29, 1.82) is 0 Å². The molecule has 0 radical (unpaired) electrons. The normalized spacial score (nSPS) is 18.2. The quantitative estimate of drug-likeness (QED) is 0.503. The molecule has 1 saturated heterocycles. The number of amides is 2. The average Bonchev–Trinajstić information content (AvgIpc) is 3.47. The van der Waals surface area contributed by atoms with Crippen LogP contribution in [0.3, 0.4) is 0 Å². The number of benzene rings is 1. The first kappa shape index (κ1) is 24.8. The maximum atomic E-state index is 14.1. The van der Waals surface area contributed by atoms with Gasteiger partial charge in [-0.2, -0.15) is 0 Å². The van der Waals surface area contributed by atoms with Gasteiger partial charge in [0, 0.05) is 35.2 Å². The van der Waals surface area contributed by atoms with E-state index in [2.05, 4.69) is 15.5 Å². The first-order valence-electron chi connectivity index (χ1n) is 11.3. The van der Waals surface area contributed by atoms with Crippen molar-refractivity contribution in [2.75, 3.05) is 6.54 Å². The van der Waals surface area contributed by atoms with Crippen molar-refractivity contribution >= 4 is 34.5 Å². The Hall–Kier alpha value is -3.27. The van der Waals surface area contributed by atoms with Crippen molar-refractivity contribution in [2.24, 2.45) is 0 Å². The number of hydrogen-bond acceptors (Lipinski definition) is 6. The van der Waals surface area contributed by atoms with Crippen LogP contribution in [0.15, 0.2) is 28.8 Å². The molecule has 0 unspecified atom stereocenters. The van der Waals surface area contributed by atoms with E-state index in [1.165, 1.54) is 0 Å². The Balaban J connectivity index is 1.40. The van der Waals surface area contributed by atoms with Gasteiger partial charge in [0.05, 0.1) is 23.8 Å². The largest absolute Gasteiger partial charge is 0.484 e. The minimum absolute atomic E-state index is 0.0706. The van der Waals surface area contributed by atoms with Crippen molar-refractivity contribution in [3.8, 4) is 5.75 Å². The molecular weight excluding hydrogens is 479 g/mol. The molecule has 1 fully saturated rings. The number of rotatable bonds is 6. The Morgan fingerprint density at radius 3 is 2.77 bits per heavy atom. The van der Waals surface area contributed by atoms with E-state index in [-0.39, 0.29) is 26.1 Å². The summed E-state index contributed by atoms with van der Waals surface area (Å²) in [6.07, 6.45) is -2.06. The Kier molecular flexibility index (Phi) is 6.93. The second-order valence-corrected chi connectivity index (χ2v) is 9.99. The molecule has 0 spiro atoms. The summed E-state index contributed by atoms with van der Waals surface area (Å²) in [6, 6.07) is 6.22. The summed E-state index contributed by atoms with van der Waals surface area (Å²) in [5.74, 6) is 0.606. The molecule has 4 rings (SSSR count). The summed E-state index contributed by atoms with van der Waals surface area (Å²) in [6.45, 7) is 7.15. The standard InChI is InChI=1S/C24H28ClFN4O5/c1-13-5-17(35-29-13)12-33-21-9-19-14(7-18(21)25)6-16(28-19)10-27-22(31)20-8-15(26)11-30(20)23(32)34-24(2,3)4/h5-7,9,15,20,28H,8,10-12H2,1-4H3,(H,27,31)/t15-,20-/m1/s1. The molecule has 9 nitrogen and oxygen atoms in total. The highest BCUT2D eigenvalue weighted by atomic mass is 35.5. The van der Waals surface area contributed by atoms with Gasteiger partial charge in [0.1, 0.15) is 30.2 Å². The molecule has 1 aliphatic rings. The lowest BCUT2D eigenvalue weighted by atomic mass is 10.2. The smallest absolute Gasteiger partial charge is 0.411 e. The highest BCUT2D eigenvalue weighted by Gasteiger charge is 2.41. The lowest BCUT2D eigenvalue weighted by Crippen LogP contribution is -2.47. The van der Waals surface area contributed by atoms with Crippen LogP contribution in [0.1, 0.15) is 44.3 Å². The van der Waals surface area contributed by atoms with Crippen LogP contribution in [0.25, 0.3) is 10.9 Å². The van der Waals surface area contributed by atoms with Crippen LogP contribution in [0.4, 0.5) is 9.18 Å². The molecule has 3 heterocycles. The average molecular weight is 507 g/mol. The lowest BCUT2D eigenvalue weighted by molar-refractivity contribution is -0.125. The van der Waals surface area contributed by atoms with Crippen LogP contribution < -0.4 is 10.1 Å². The summed E-state index contributed by atoms with van der Waals surface area (Å²) >= 11 is 6.36. The number of halogens is 2. The van der Waals surface area contributed by atoms with Gasteiger partial charge in [0.25, 0.3) is 0 Å². The van der Waals surface area contributed by atoms with Gasteiger partial charge in [-0.25, -0.2) is 9.18 Å². The molecule has 3 aromatic rings. The first-order valence-corrected chi connectivity index (χ1v) is 11.6. The molecule has 2 amide bonds. The lowest BCUT2D eigenvalue weighted by Gasteiger charge is -2.27. The van der Waals surface area contributed by atoms with Gasteiger partial charge in [-0.15, -0.1) is 0 Å². The van der Waals surface area contributed by atoms with Crippen LogP contribution in [-0.4, -0.2) is 51.4 Å². The van der Waals surface area contributed by atoms with Crippen molar-refractivity contribution in [2.45, 2.75) is 65.1 Å². The number of hydrogen-bond donors (Lipinski definition) is 2. The van der Waals surface area contributed by atoms with Crippen LogP contribution in [0.2, 0.25) is 5.02 Å². The van der Waals surface area contributed by atoms with E-state index in [0.29, 0.717) is 22.2 Å². The minimum atomic E-state index is -1.28. The number of aryl methyl sites for hydroxylation is 1. The fraction of sp³-hybridized carbons (Fsp3) is 0.458. The number of alkyl halides is 1. The number of aromatic amines is 1. The van der Waals surface area contributed by atoms with Crippen molar-refractivity contribution in [3.05, 3.63) is 46.4 Å². The second kappa shape index (κ2) is 9.77. The molecule has 2 atom stereocenters. The number of carbonyl (C=O) groups is 2. The topological polar surface area (TPSA) is 110 Å². The third-order valence-electron chi connectivity index (χ3n) is 5.41. The predicted octanol–water partition coefficient (Wildman–Crippen LogP) is 4.66. The van der Waals surface area contributed by atoms with Crippen LogP contribution in [0.5, 0.6) is 5.75 Å². The number of H-pyrrole nitrogens is 1. The molecule has 2 N–H and O–H groups in total. The van der Waals surface area contributed by atoms with E-state index < -0.39 is 29.8 Å². The van der Waals surface area contributed by atoms with Gasteiger partial charge >= 0.3 is 6.09 Å². The highest BCUT2D eigenvalue weighted by molar-refractivity contribution is 6.32. The summed E-state index contributed by atoms with van der Waals surface area (Å²) in [7, 11) is 0. The maximum absolute atomic E-state index is 14.1. The molecule has 1 aromatic carbocycles. The fourth-order valence-corrected chi connectivity index (χ4v) is 4.11. The SMILES string of the molecule is Cc1cc(COc2cc3[nH]c(CNC(=O)[C@H]4C[C@@H](F)CN4C(=O)OC(C)(C)C)cc3cc2Cl)on1. The van der Waals surface area contributed by atoms with E-state index >= 15 is 0 Å². The first-order chi connectivity index (χ1) is 16.5. The molecule has 188 valence electrons. The second-order valence-electron chi connectivity index (χ2n) is 9.59. The van der Waals surface area contributed by atoms with Crippen LogP contribution in [-0.2, 0) is 22.7 Å². The molecule has 0 saturated carbocycles. The zero-order chi connectivity index (χ0) is 25.3. The predicted molar refractivity (Wildman–Crippen MR) is 127 cm³/mol. The van der Waals surface area contributed by atoms with Gasteiger partial charge < -0.3 is 24.3 Å². The molecule has 11 heteroatoms. The monoisotopic (exact) mass is 506 g/mol. The van der Waals surface area contributed by atoms with Crippen molar-refractivity contribution in [3.63, 3.8) is 0 Å².